The molecule has 0 bridgehead atoms. The Labute approximate surface area is 89.6 Å². The van der Waals surface area contributed by atoms with Crippen LogP contribution >= 0.6 is 0 Å². The third-order valence-corrected chi connectivity index (χ3v) is 3.40. The van der Waals surface area contributed by atoms with E-state index in [-0.39, 0.29) is 6.04 Å². The van der Waals surface area contributed by atoms with E-state index in [1.54, 1.807) is 0 Å². The normalized spacial score (nSPS) is 28.9. The molecular formula is C12H16N2O. The van der Waals surface area contributed by atoms with Crippen LogP contribution < -0.4 is 15.8 Å². The molecule has 0 saturated carbocycles. The van der Waals surface area contributed by atoms with Crippen molar-refractivity contribution >= 4 is 0 Å². The number of ether oxygens (including phenoxy) is 1. The second kappa shape index (κ2) is 3.51. The van der Waals surface area contributed by atoms with Gasteiger partial charge in [0.1, 0.15) is 5.75 Å². The molecule has 0 radical (unpaired) electrons. The lowest BCUT2D eigenvalue weighted by atomic mass is 9.93. The number of hydrogen-bond acceptors (Lipinski definition) is 3. The van der Waals surface area contributed by atoms with Gasteiger partial charge in [0.2, 0.25) is 0 Å². The number of benzene rings is 1. The van der Waals surface area contributed by atoms with Gasteiger partial charge in [-0.25, -0.2) is 0 Å². The molecule has 2 aliphatic heterocycles. The molecule has 2 atom stereocenters. The molecule has 1 aromatic carbocycles. The highest BCUT2D eigenvalue weighted by atomic mass is 16.5. The van der Waals surface area contributed by atoms with E-state index in [1.807, 2.05) is 0 Å². The minimum Gasteiger partial charge on any atom is -0.493 e. The van der Waals surface area contributed by atoms with E-state index in [0.717, 1.165) is 31.9 Å². The number of rotatable bonds is 1. The molecule has 15 heavy (non-hydrogen) atoms. The van der Waals surface area contributed by atoms with E-state index in [0.29, 0.717) is 5.92 Å². The molecule has 1 aromatic rings. The summed E-state index contributed by atoms with van der Waals surface area (Å²) in [4.78, 5) is 0. The molecule has 0 unspecified atom stereocenters. The van der Waals surface area contributed by atoms with Gasteiger partial charge in [-0.3, -0.25) is 0 Å². The Kier molecular flexibility index (Phi) is 2.15. The molecule has 3 rings (SSSR count). The summed E-state index contributed by atoms with van der Waals surface area (Å²) in [6.07, 6.45) is 1.04. The Morgan fingerprint density at radius 3 is 3.07 bits per heavy atom. The van der Waals surface area contributed by atoms with Crippen LogP contribution in [0.5, 0.6) is 5.75 Å². The van der Waals surface area contributed by atoms with Gasteiger partial charge in [-0.05, 0) is 17.2 Å². The lowest BCUT2D eigenvalue weighted by molar-refractivity contribution is 0.357. The number of nitrogens with one attached hydrogen (secondary N) is 1. The standard InChI is InChI=1S/C12H16N2O/c13-11-7-14-6-10(11)8-1-2-12-9(5-8)3-4-15-12/h1-2,5,10-11,14H,3-4,6-7,13H2/t10-,11+/m0/s1. The van der Waals surface area contributed by atoms with Crippen molar-refractivity contribution in [1.29, 1.82) is 0 Å². The number of fused-ring (bicyclic) bond motifs is 1. The van der Waals surface area contributed by atoms with Crippen LogP contribution in [0.15, 0.2) is 18.2 Å². The quantitative estimate of drug-likeness (QED) is 0.705. The van der Waals surface area contributed by atoms with E-state index >= 15 is 0 Å². The van der Waals surface area contributed by atoms with E-state index in [4.69, 9.17) is 10.5 Å². The van der Waals surface area contributed by atoms with E-state index in [2.05, 4.69) is 23.5 Å². The highest BCUT2D eigenvalue weighted by molar-refractivity contribution is 5.41. The Bertz CT molecular complexity index is 378. The SMILES string of the molecule is N[C@@H]1CNC[C@H]1c1ccc2c(c1)CCO2. The maximum absolute atomic E-state index is 6.06. The van der Waals surface area contributed by atoms with Gasteiger partial charge >= 0.3 is 0 Å². The third kappa shape index (κ3) is 1.52. The van der Waals surface area contributed by atoms with Crippen LogP contribution in [0.4, 0.5) is 0 Å². The van der Waals surface area contributed by atoms with Crippen molar-refractivity contribution in [3.05, 3.63) is 29.3 Å². The van der Waals surface area contributed by atoms with Gasteiger partial charge in [0, 0.05) is 31.5 Å². The van der Waals surface area contributed by atoms with Crippen LogP contribution in [0.25, 0.3) is 0 Å². The molecule has 0 spiro atoms. The fourth-order valence-electron chi connectivity index (χ4n) is 2.50. The van der Waals surface area contributed by atoms with Gasteiger partial charge < -0.3 is 15.8 Å². The predicted octanol–water partition coefficient (Wildman–Crippen LogP) is 0.636. The zero-order valence-corrected chi connectivity index (χ0v) is 8.70. The summed E-state index contributed by atoms with van der Waals surface area (Å²) in [6.45, 7) is 2.76. The molecule has 0 aliphatic carbocycles. The maximum atomic E-state index is 6.06. The third-order valence-electron chi connectivity index (χ3n) is 3.40. The fourth-order valence-corrected chi connectivity index (χ4v) is 2.50. The molecule has 3 N–H and O–H groups in total. The lowest BCUT2D eigenvalue weighted by Gasteiger charge is -2.15. The molecule has 3 nitrogen and oxygen atoms in total. The molecule has 3 heteroatoms. The van der Waals surface area contributed by atoms with Crippen molar-refractivity contribution in [1.82, 2.24) is 5.32 Å². The predicted molar refractivity (Wildman–Crippen MR) is 59.2 cm³/mol. The first kappa shape index (κ1) is 9.19. The summed E-state index contributed by atoms with van der Waals surface area (Å²) in [5.74, 6) is 1.52. The minimum atomic E-state index is 0.255. The molecule has 80 valence electrons. The minimum absolute atomic E-state index is 0.255. The van der Waals surface area contributed by atoms with Crippen molar-refractivity contribution in [2.24, 2.45) is 5.73 Å². The van der Waals surface area contributed by atoms with Crippen LogP contribution in [-0.2, 0) is 6.42 Å². The molecule has 2 aliphatic rings. The largest absolute Gasteiger partial charge is 0.493 e. The molecule has 1 fully saturated rings. The highest BCUT2D eigenvalue weighted by Gasteiger charge is 2.26. The topological polar surface area (TPSA) is 47.3 Å². The lowest BCUT2D eigenvalue weighted by Crippen LogP contribution is -2.27. The van der Waals surface area contributed by atoms with Crippen LogP contribution in [0.1, 0.15) is 17.0 Å². The van der Waals surface area contributed by atoms with E-state index < -0.39 is 0 Å². The number of hydrogen-bond donors (Lipinski definition) is 2. The zero-order valence-electron chi connectivity index (χ0n) is 8.70. The van der Waals surface area contributed by atoms with Crippen molar-refractivity contribution < 1.29 is 4.74 Å². The maximum Gasteiger partial charge on any atom is 0.122 e. The van der Waals surface area contributed by atoms with Crippen molar-refractivity contribution in [2.75, 3.05) is 19.7 Å². The van der Waals surface area contributed by atoms with Gasteiger partial charge in [0.25, 0.3) is 0 Å². The van der Waals surface area contributed by atoms with Crippen LogP contribution in [0.2, 0.25) is 0 Å². The van der Waals surface area contributed by atoms with E-state index in [9.17, 15) is 0 Å². The summed E-state index contributed by atoms with van der Waals surface area (Å²) in [7, 11) is 0. The summed E-state index contributed by atoms with van der Waals surface area (Å²) < 4.78 is 5.50. The van der Waals surface area contributed by atoms with Crippen LogP contribution in [0, 0.1) is 0 Å². The second-order valence-corrected chi connectivity index (χ2v) is 4.39. The molecule has 0 aromatic heterocycles. The molecule has 0 amide bonds. The Morgan fingerprint density at radius 1 is 1.33 bits per heavy atom. The average molecular weight is 204 g/mol. The molecule has 2 heterocycles. The van der Waals surface area contributed by atoms with Gasteiger partial charge in [-0.1, -0.05) is 12.1 Å². The first-order valence-electron chi connectivity index (χ1n) is 5.56. The van der Waals surface area contributed by atoms with Crippen LogP contribution in [0.3, 0.4) is 0 Å². The first-order chi connectivity index (χ1) is 7.34. The monoisotopic (exact) mass is 204 g/mol. The fraction of sp³-hybridized carbons (Fsp3) is 0.500. The Hall–Kier alpha value is -1.06. The molecule has 1 saturated heterocycles. The Balaban J connectivity index is 1.92. The highest BCUT2D eigenvalue weighted by Crippen LogP contribution is 2.30. The van der Waals surface area contributed by atoms with Crippen molar-refractivity contribution in [3.63, 3.8) is 0 Å². The smallest absolute Gasteiger partial charge is 0.122 e. The van der Waals surface area contributed by atoms with Gasteiger partial charge in [-0.2, -0.15) is 0 Å². The summed E-state index contributed by atoms with van der Waals surface area (Å²) in [5, 5.41) is 3.33. The van der Waals surface area contributed by atoms with Gasteiger partial charge in [0.05, 0.1) is 6.61 Å². The summed E-state index contributed by atoms with van der Waals surface area (Å²) in [5.41, 5.74) is 8.76. The van der Waals surface area contributed by atoms with E-state index in [1.165, 1.54) is 11.1 Å². The average Bonchev–Trinajstić information content (AvgIpc) is 2.84. The Morgan fingerprint density at radius 2 is 2.27 bits per heavy atom. The summed E-state index contributed by atoms with van der Waals surface area (Å²) >= 11 is 0. The first-order valence-corrected chi connectivity index (χ1v) is 5.56. The van der Waals surface area contributed by atoms with Crippen molar-refractivity contribution in [3.8, 4) is 5.75 Å². The van der Waals surface area contributed by atoms with Crippen molar-refractivity contribution in [2.45, 2.75) is 18.4 Å². The second-order valence-electron chi connectivity index (χ2n) is 4.39. The summed E-state index contributed by atoms with van der Waals surface area (Å²) in [6, 6.07) is 6.76. The van der Waals surface area contributed by atoms with Crippen LogP contribution in [-0.4, -0.2) is 25.7 Å². The molecular weight excluding hydrogens is 188 g/mol. The number of nitrogens with two attached hydrogens (primary N) is 1. The van der Waals surface area contributed by atoms with Gasteiger partial charge in [-0.15, -0.1) is 0 Å². The van der Waals surface area contributed by atoms with Gasteiger partial charge in [0.15, 0.2) is 0 Å². The zero-order chi connectivity index (χ0) is 10.3.